The Labute approximate surface area is 111 Å². The van der Waals surface area contributed by atoms with Gasteiger partial charge in [-0.1, -0.05) is 29.8 Å². The minimum absolute atomic E-state index is 0.0951. The summed E-state index contributed by atoms with van der Waals surface area (Å²) in [5.41, 5.74) is 1.91. The molecule has 0 unspecified atom stereocenters. The van der Waals surface area contributed by atoms with Gasteiger partial charge >= 0.3 is 0 Å². The number of hydrogen-bond donors (Lipinski definition) is 2. The third kappa shape index (κ3) is 2.87. The normalized spacial score (nSPS) is 10.1. The molecule has 2 N–H and O–H groups in total. The van der Waals surface area contributed by atoms with Crippen molar-refractivity contribution in [2.45, 2.75) is 6.54 Å². The van der Waals surface area contributed by atoms with Crippen LogP contribution in [0, 0.1) is 0 Å². The molecule has 2 aromatic rings. The van der Waals surface area contributed by atoms with Crippen LogP contribution in [-0.2, 0) is 6.54 Å². The summed E-state index contributed by atoms with van der Waals surface area (Å²) in [7, 11) is 1.64. The van der Waals surface area contributed by atoms with Gasteiger partial charge < -0.3 is 15.2 Å². The van der Waals surface area contributed by atoms with E-state index >= 15 is 0 Å². The maximum Gasteiger partial charge on any atom is 0.141 e. The second kappa shape index (κ2) is 5.65. The lowest BCUT2D eigenvalue weighted by Crippen LogP contribution is -2.01. The number of halogens is 1. The van der Waals surface area contributed by atoms with Crippen molar-refractivity contribution >= 4 is 17.3 Å². The molecule has 2 rings (SSSR count). The molecule has 0 saturated carbocycles. The molecule has 0 heterocycles. The molecule has 0 amide bonds. The highest BCUT2D eigenvalue weighted by molar-refractivity contribution is 6.32. The number of benzene rings is 2. The van der Waals surface area contributed by atoms with E-state index in [0.29, 0.717) is 11.6 Å². The number of phenolic OH excluding ortho intramolecular Hbond substituents is 1. The lowest BCUT2D eigenvalue weighted by Gasteiger charge is -2.11. The number of aromatic hydroxyl groups is 1. The van der Waals surface area contributed by atoms with Gasteiger partial charge in [-0.25, -0.2) is 0 Å². The molecule has 0 bridgehead atoms. The molecule has 0 aliphatic carbocycles. The van der Waals surface area contributed by atoms with Gasteiger partial charge in [-0.2, -0.15) is 0 Å². The van der Waals surface area contributed by atoms with Gasteiger partial charge in [0.05, 0.1) is 17.8 Å². The zero-order valence-corrected chi connectivity index (χ0v) is 10.7. The lowest BCUT2D eigenvalue weighted by atomic mass is 10.2. The first-order valence-electron chi connectivity index (χ1n) is 5.55. The number of anilines is 1. The van der Waals surface area contributed by atoms with Crippen LogP contribution in [-0.4, -0.2) is 12.2 Å². The van der Waals surface area contributed by atoms with Crippen molar-refractivity contribution in [3.05, 3.63) is 53.1 Å². The summed E-state index contributed by atoms with van der Waals surface area (Å²) in [6, 6.07) is 12.8. The highest BCUT2D eigenvalue weighted by Crippen LogP contribution is 2.26. The predicted molar refractivity (Wildman–Crippen MR) is 73.4 cm³/mol. The smallest absolute Gasteiger partial charge is 0.141 e. The fraction of sp³-hybridized carbons (Fsp3) is 0.143. The Hall–Kier alpha value is -1.87. The first-order chi connectivity index (χ1) is 8.70. The molecular formula is C14H14ClNO2. The van der Waals surface area contributed by atoms with Gasteiger partial charge in [0.15, 0.2) is 0 Å². The summed E-state index contributed by atoms with van der Waals surface area (Å²) in [4.78, 5) is 0. The Morgan fingerprint density at radius 1 is 1.22 bits per heavy atom. The van der Waals surface area contributed by atoms with Crippen LogP contribution in [0.2, 0.25) is 5.02 Å². The molecule has 0 aliphatic heterocycles. The predicted octanol–water partition coefficient (Wildman–Crippen LogP) is 3.67. The summed E-state index contributed by atoms with van der Waals surface area (Å²) in [6.07, 6.45) is 0. The van der Waals surface area contributed by atoms with E-state index in [9.17, 15) is 5.11 Å². The molecular weight excluding hydrogens is 250 g/mol. The molecule has 18 heavy (non-hydrogen) atoms. The molecule has 0 radical (unpaired) electrons. The van der Waals surface area contributed by atoms with Crippen molar-refractivity contribution in [1.29, 1.82) is 0 Å². The highest BCUT2D eigenvalue weighted by atomic mass is 35.5. The zero-order chi connectivity index (χ0) is 13.0. The van der Waals surface area contributed by atoms with E-state index in [1.165, 1.54) is 0 Å². The molecule has 94 valence electrons. The molecule has 4 heteroatoms. The first-order valence-corrected chi connectivity index (χ1v) is 5.93. The van der Waals surface area contributed by atoms with Crippen LogP contribution in [0.15, 0.2) is 42.5 Å². The number of para-hydroxylation sites is 2. The van der Waals surface area contributed by atoms with E-state index in [-0.39, 0.29) is 5.75 Å². The monoisotopic (exact) mass is 263 g/mol. The van der Waals surface area contributed by atoms with Crippen molar-refractivity contribution < 1.29 is 9.84 Å². The molecule has 0 aliphatic rings. The Bertz CT molecular complexity index is 543. The number of rotatable bonds is 4. The maximum absolute atomic E-state index is 9.34. The standard InChI is InChI=1S/C14H14ClNO2/c1-18-14-5-3-2-4-12(14)16-9-10-6-7-13(17)11(15)8-10/h2-8,16-17H,9H2,1H3. The highest BCUT2D eigenvalue weighted by Gasteiger charge is 2.03. The molecule has 2 aromatic carbocycles. The molecule has 3 nitrogen and oxygen atoms in total. The summed E-state index contributed by atoms with van der Waals surface area (Å²) in [5.74, 6) is 0.889. The zero-order valence-electron chi connectivity index (χ0n) is 9.98. The third-order valence-electron chi connectivity index (χ3n) is 2.60. The van der Waals surface area contributed by atoms with Crippen LogP contribution < -0.4 is 10.1 Å². The van der Waals surface area contributed by atoms with Crippen LogP contribution in [0.5, 0.6) is 11.5 Å². The van der Waals surface area contributed by atoms with E-state index in [2.05, 4.69) is 5.32 Å². The molecule has 0 spiro atoms. The summed E-state index contributed by atoms with van der Waals surface area (Å²) in [6.45, 7) is 0.611. The first kappa shape index (κ1) is 12.6. The quantitative estimate of drug-likeness (QED) is 0.884. The van der Waals surface area contributed by atoms with Gasteiger partial charge in [-0.3, -0.25) is 0 Å². The summed E-state index contributed by atoms with van der Waals surface area (Å²) < 4.78 is 5.25. The van der Waals surface area contributed by atoms with Crippen molar-refractivity contribution in [3.8, 4) is 11.5 Å². The van der Waals surface area contributed by atoms with E-state index in [1.807, 2.05) is 30.3 Å². The topological polar surface area (TPSA) is 41.5 Å². The second-order valence-electron chi connectivity index (χ2n) is 3.84. The average molecular weight is 264 g/mol. The van der Waals surface area contributed by atoms with Crippen molar-refractivity contribution in [1.82, 2.24) is 0 Å². The van der Waals surface area contributed by atoms with Gasteiger partial charge in [-0.15, -0.1) is 0 Å². The minimum atomic E-state index is 0.0951. The number of ether oxygens (including phenoxy) is 1. The van der Waals surface area contributed by atoms with Gasteiger partial charge in [-0.05, 0) is 29.8 Å². The Balaban J connectivity index is 2.09. The van der Waals surface area contributed by atoms with E-state index < -0.39 is 0 Å². The van der Waals surface area contributed by atoms with Crippen molar-refractivity contribution in [3.63, 3.8) is 0 Å². The van der Waals surface area contributed by atoms with Crippen molar-refractivity contribution in [2.75, 3.05) is 12.4 Å². The number of methoxy groups -OCH3 is 1. The summed E-state index contributed by atoms with van der Waals surface area (Å²) in [5, 5.41) is 13.0. The van der Waals surface area contributed by atoms with Gasteiger partial charge in [0.1, 0.15) is 11.5 Å². The molecule has 0 aromatic heterocycles. The fourth-order valence-electron chi connectivity index (χ4n) is 1.65. The Kier molecular flexibility index (Phi) is 3.95. The summed E-state index contributed by atoms with van der Waals surface area (Å²) >= 11 is 5.85. The van der Waals surface area contributed by atoms with Crippen LogP contribution >= 0.6 is 11.6 Å². The SMILES string of the molecule is COc1ccccc1NCc1ccc(O)c(Cl)c1. The van der Waals surface area contributed by atoms with Crippen LogP contribution in [0.25, 0.3) is 0 Å². The Morgan fingerprint density at radius 2 is 2.00 bits per heavy atom. The van der Waals surface area contributed by atoms with Crippen LogP contribution in [0.1, 0.15) is 5.56 Å². The van der Waals surface area contributed by atoms with Gasteiger partial charge in [0, 0.05) is 6.54 Å². The molecule has 0 fully saturated rings. The molecule has 0 saturated heterocycles. The van der Waals surface area contributed by atoms with Crippen LogP contribution in [0.4, 0.5) is 5.69 Å². The average Bonchev–Trinajstić information content (AvgIpc) is 2.40. The van der Waals surface area contributed by atoms with E-state index in [1.54, 1.807) is 19.2 Å². The number of hydrogen-bond acceptors (Lipinski definition) is 3. The Morgan fingerprint density at radius 3 is 2.72 bits per heavy atom. The fourth-order valence-corrected chi connectivity index (χ4v) is 1.85. The second-order valence-corrected chi connectivity index (χ2v) is 4.25. The third-order valence-corrected chi connectivity index (χ3v) is 2.90. The van der Waals surface area contributed by atoms with Crippen molar-refractivity contribution in [2.24, 2.45) is 0 Å². The minimum Gasteiger partial charge on any atom is -0.506 e. The molecule has 0 atom stereocenters. The van der Waals surface area contributed by atoms with E-state index in [4.69, 9.17) is 16.3 Å². The lowest BCUT2D eigenvalue weighted by molar-refractivity contribution is 0.416. The largest absolute Gasteiger partial charge is 0.506 e. The van der Waals surface area contributed by atoms with Gasteiger partial charge in [0.25, 0.3) is 0 Å². The van der Waals surface area contributed by atoms with E-state index in [0.717, 1.165) is 17.0 Å². The number of nitrogens with one attached hydrogen (secondary N) is 1. The van der Waals surface area contributed by atoms with Gasteiger partial charge in [0.2, 0.25) is 0 Å². The number of phenols is 1. The maximum atomic E-state index is 9.34. The van der Waals surface area contributed by atoms with Crippen LogP contribution in [0.3, 0.4) is 0 Å².